The molecule has 2 fully saturated rings. The van der Waals surface area contributed by atoms with Gasteiger partial charge in [-0.05, 0) is 76.0 Å². The molecule has 0 radical (unpaired) electrons. The third kappa shape index (κ3) is 3.65. The Hall–Kier alpha value is -1.26. The van der Waals surface area contributed by atoms with Gasteiger partial charge in [0.15, 0.2) is 0 Å². The first-order valence-electron chi connectivity index (χ1n) is 9.06. The largest absolute Gasteiger partial charge is 0.444 e. The summed E-state index contributed by atoms with van der Waals surface area (Å²) in [4.78, 5) is 14.1. The first kappa shape index (κ1) is 18.5. The van der Waals surface area contributed by atoms with Gasteiger partial charge in [-0.1, -0.05) is 23.7 Å². The second kappa shape index (κ2) is 6.17. The van der Waals surface area contributed by atoms with E-state index in [-0.39, 0.29) is 17.0 Å². The van der Waals surface area contributed by atoms with Gasteiger partial charge in [-0.15, -0.1) is 0 Å². The number of likely N-dealkylation sites (tertiary alicyclic amines) is 1. The number of carbonyl (C=O) groups is 1. The summed E-state index contributed by atoms with van der Waals surface area (Å²) in [5, 5.41) is 0.781. The molecule has 0 unspecified atom stereocenters. The van der Waals surface area contributed by atoms with Crippen LogP contribution in [0.25, 0.3) is 0 Å². The van der Waals surface area contributed by atoms with E-state index in [1.807, 2.05) is 44.7 Å². The summed E-state index contributed by atoms with van der Waals surface area (Å²) in [6.07, 6.45) is 3.70. The highest BCUT2D eigenvalue weighted by Gasteiger charge is 2.54. The summed E-state index contributed by atoms with van der Waals surface area (Å²) in [6.45, 7) is 9.25. The van der Waals surface area contributed by atoms with Crippen molar-refractivity contribution in [2.45, 2.75) is 64.5 Å². The molecule has 1 aliphatic carbocycles. The van der Waals surface area contributed by atoms with Gasteiger partial charge in [-0.3, -0.25) is 0 Å². The molecule has 5 heteroatoms. The molecule has 1 aromatic carbocycles. The van der Waals surface area contributed by atoms with Crippen molar-refractivity contribution in [1.82, 2.24) is 4.90 Å². The molecule has 0 atom stereocenters. The lowest BCUT2D eigenvalue weighted by Crippen LogP contribution is -2.59. The van der Waals surface area contributed by atoms with E-state index in [2.05, 4.69) is 6.07 Å². The van der Waals surface area contributed by atoms with Gasteiger partial charge in [0.2, 0.25) is 0 Å². The molecule has 1 heterocycles. The average Bonchev–Trinajstić information content (AvgIpc) is 2.47. The molecule has 1 spiro atoms. The highest BCUT2D eigenvalue weighted by Crippen LogP contribution is 2.58. The fraction of sp³-hybridized carbons (Fsp3) is 0.650. The summed E-state index contributed by atoms with van der Waals surface area (Å²) in [5.41, 5.74) is 8.49. The van der Waals surface area contributed by atoms with Crippen LogP contribution in [0.2, 0.25) is 5.02 Å². The number of rotatable bonds is 1. The van der Waals surface area contributed by atoms with Gasteiger partial charge in [-0.2, -0.15) is 0 Å². The number of hydrogen-bond acceptors (Lipinski definition) is 3. The van der Waals surface area contributed by atoms with E-state index < -0.39 is 5.60 Å². The fourth-order valence-electron chi connectivity index (χ4n) is 4.47. The Morgan fingerprint density at radius 1 is 1.24 bits per heavy atom. The quantitative estimate of drug-likeness (QED) is 0.791. The van der Waals surface area contributed by atoms with E-state index in [4.69, 9.17) is 22.1 Å². The summed E-state index contributed by atoms with van der Waals surface area (Å²) in [6, 6.07) is 6.00. The Morgan fingerprint density at radius 2 is 1.84 bits per heavy atom. The number of ether oxygens (including phenoxy) is 1. The van der Waals surface area contributed by atoms with Crippen molar-refractivity contribution in [2.75, 3.05) is 13.1 Å². The summed E-state index contributed by atoms with van der Waals surface area (Å²) in [5.74, 6) is 0. The van der Waals surface area contributed by atoms with E-state index >= 15 is 0 Å². The average molecular weight is 365 g/mol. The normalized spacial score (nSPS) is 21.8. The zero-order valence-corrected chi connectivity index (χ0v) is 16.4. The molecule has 1 aromatic rings. The molecule has 1 amide bonds. The fourth-order valence-corrected chi connectivity index (χ4v) is 4.64. The van der Waals surface area contributed by atoms with Gasteiger partial charge >= 0.3 is 6.09 Å². The van der Waals surface area contributed by atoms with Gasteiger partial charge < -0.3 is 15.4 Å². The number of piperidine rings is 1. The zero-order chi connectivity index (χ0) is 18.5. The second-order valence-electron chi connectivity index (χ2n) is 8.89. The molecule has 0 bridgehead atoms. The van der Waals surface area contributed by atoms with Crippen LogP contribution in [0.15, 0.2) is 18.2 Å². The number of halogens is 1. The second-order valence-corrected chi connectivity index (χ2v) is 9.30. The number of nitrogens with zero attached hydrogens (tertiary/aromatic N) is 1. The smallest absolute Gasteiger partial charge is 0.410 e. The van der Waals surface area contributed by atoms with Crippen molar-refractivity contribution in [3.8, 4) is 0 Å². The molecule has 3 rings (SSSR count). The monoisotopic (exact) mass is 364 g/mol. The summed E-state index contributed by atoms with van der Waals surface area (Å²) < 4.78 is 5.48. The highest BCUT2D eigenvalue weighted by molar-refractivity contribution is 6.31. The van der Waals surface area contributed by atoms with Gasteiger partial charge in [0.25, 0.3) is 0 Å². The van der Waals surface area contributed by atoms with Crippen molar-refractivity contribution in [2.24, 2.45) is 11.1 Å². The van der Waals surface area contributed by atoms with E-state index in [0.29, 0.717) is 0 Å². The molecule has 4 nitrogen and oxygen atoms in total. The van der Waals surface area contributed by atoms with E-state index in [0.717, 1.165) is 49.4 Å². The van der Waals surface area contributed by atoms with Gasteiger partial charge in [0.1, 0.15) is 5.60 Å². The molecule has 1 saturated heterocycles. The molecule has 25 heavy (non-hydrogen) atoms. The van der Waals surface area contributed by atoms with Crippen LogP contribution in [-0.2, 0) is 10.3 Å². The van der Waals surface area contributed by atoms with Crippen LogP contribution < -0.4 is 5.73 Å². The Kier molecular flexibility index (Phi) is 4.57. The van der Waals surface area contributed by atoms with Crippen LogP contribution in [0.5, 0.6) is 0 Å². The van der Waals surface area contributed by atoms with Crippen LogP contribution in [0.3, 0.4) is 0 Å². The number of carbonyl (C=O) groups excluding carboxylic acids is 1. The molecule has 138 valence electrons. The third-order valence-electron chi connectivity index (χ3n) is 5.66. The summed E-state index contributed by atoms with van der Waals surface area (Å²) >= 11 is 6.27. The van der Waals surface area contributed by atoms with Gasteiger partial charge in [-0.25, -0.2) is 4.79 Å². The molecule has 2 N–H and O–H groups in total. The Bertz CT molecular complexity index is 665. The maximum absolute atomic E-state index is 12.2. The first-order chi connectivity index (χ1) is 11.5. The first-order valence-corrected chi connectivity index (χ1v) is 9.44. The van der Waals surface area contributed by atoms with E-state index in [9.17, 15) is 4.79 Å². The topological polar surface area (TPSA) is 55.6 Å². The van der Waals surface area contributed by atoms with Crippen molar-refractivity contribution in [3.63, 3.8) is 0 Å². The molecule has 1 aliphatic heterocycles. The van der Waals surface area contributed by atoms with Crippen LogP contribution in [-0.4, -0.2) is 29.7 Å². The lowest BCUT2D eigenvalue weighted by Gasteiger charge is -2.58. The SMILES string of the molecule is Cc1c(Cl)cccc1C1(N)CC2(CCN(C(=O)OC(C)(C)C)CC2)C1. The highest BCUT2D eigenvalue weighted by atomic mass is 35.5. The molecular weight excluding hydrogens is 336 g/mol. The molecule has 2 aliphatic rings. The molecule has 1 saturated carbocycles. The predicted octanol–water partition coefficient (Wildman–Crippen LogP) is 4.61. The number of nitrogens with two attached hydrogens (primary N) is 1. The Balaban J connectivity index is 1.61. The number of amides is 1. The third-order valence-corrected chi connectivity index (χ3v) is 6.07. The minimum absolute atomic E-state index is 0.202. The van der Waals surface area contributed by atoms with Gasteiger partial charge in [0.05, 0.1) is 0 Å². The van der Waals surface area contributed by atoms with Crippen LogP contribution in [0.4, 0.5) is 4.79 Å². The Labute approximate surface area is 155 Å². The maximum atomic E-state index is 12.2. The molecular formula is C20H29ClN2O2. The van der Waals surface area contributed by atoms with Crippen molar-refractivity contribution in [1.29, 1.82) is 0 Å². The maximum Gasteiger partial charge on any atom is 0.410 e. The number of hydrogen-bond donors (Lipinski definition) is 1. The van der Waals surface area contributed by atoms with Crippen molar-refractivity contribution in [3.05, 3.63) is 34.3 Å². The van der Waals surface area contributed by atoms with Crippen molar-refractivity contribution >= 4 is 17.7 Å². The molecule has 0 aromatic heterocycles. The number of benzene rings is 1. The lowest BCUT2D eigenvalue weighted by molar-refractivity contribution is -0.0409. The lowest BCUT2D eigenvalue weighted by atomic mass is 9.52. The van der Waals surface area contributed by atoms with Crippen LogP contribution in [0, 0.1) is 12.3 Å². The van der Waals surface area contributed by atoms with Crippen LogP contribution >= 0.6 is 11.6 Å². The Morgan fingerprint density at radius 3 is 2.40 bits per heavy atom. The standard InChI is InChI=1S/C20H29ClN2O2/c1-14-15(6-5-7-16(14)21)20(22)12-19(13-20)8-10-23(11-9-19)17(24)25-18(2,3)4/h5-7H,8-13,22H2,1-4H3. The van der Waals surface area contributed by atoms with Crippen LogP contribution in [0.1, 0.15) is 57.6 Å². The van der Waals surface area contributed by atoms with Crippen molar-refractivity contribution < 1.29 is 9.53 Å². The van der Waals surface area contributed by atoms with Gasteiger partial charge in [0, 0.05) is 23.7 Å². The van der Waals surface area contributed by atoms with E-state index in [1.54, 1.807) is 0 Å². The summed E-state index contributed by atoms with van der Waals surface area (Å²) in [7, 11) is 0. The predicted molar refractivity (Wildman–Crippen MR) is 101 cm³/mol. The zero-order valence-electron chi connectivity index (χ0n) is 15.7. The minimum Gasteiger partial charge on any atom is -0.444 e. The minimum atomic E-state index is -0.445. The van der Waals surface area contributed by atoms with E-state index in [1.165, 1.54) is 5.56 Å².